The number of benzene rings is 1. The molecule has 1 atom stereocenters. The maximum absolute atomic E-state index is 12.5. The third kappa shape index (κ3) is 7.12. The summed E-state index contributed by atoms with van der Waals surface area (Å²) in [5.74, 6) is -1.29. The number of anilines is 1. The first-order valence-electron chi connectivity index (χ1n) is 10.1. The number of rotatable bonds is 7. The van der Waals surface area contributed by atoms with Crippen molar-refractivity contribution in [3.8, 4) is 0 Å². The van der Waals surface area contributed by atoms with Crippen LogP contribution in [0.1, 0.15) is 44.0 Å². The van der Waals surface area contributed by atoms with Gasteiger partial charge in [0.25, 0.3) is 5.69 Å². The van der Waals surface area contributed by atoms with E-state index in [-0.39, 0.29) is 36.2 Å². The summed E-state index contributed by atoms with van der Waals surface area (Å²) >= 11 is 0. The number of alkyl carbamates (subject to hydrolysis) is 1. The highest BCUT2D eigenvalue weighted by Gasteiger charge is 2.29. The summed E-state index contributed by atoms with van der Waals surface area (Å²) < 4.78 is 5.12. The van der Waals surface area contributed by atoms with Gasteiger partial charge < -0.3 is 26.0 Å². The largest absolute Gasteiger partial charge is 0.444 e. The molecule has 4 N–H and O–H groups in total. The van der Waals surface area contributed by atoms with Gasteiger partial charge in [0, 0.05) is 37.8 Å². The van der Waals surface area contributed by atoms with E-state index < -0.39 is 22.5 Å². The number of nitrogens with two attached hydrogens (primary N) is 1. The highest BCUT2D eigenvalue weighted by atomic mass is 16.6. The molecule has 1 fully saturated rings. The number of hydrogen-bond acceptors (Lipinski definition) is 7. The molecule has 1 saturated heterocycles. The molecule has 0 radical (unpaired) electrons. The summed E-state index contributed by atoms with van der Waals surface area (Å²) in [5.41, 5.74) is 4.80. The quantitative estimate of drug-likeness (QED) is 0.333. The Labute approximate surface area is 180 Å². The Bertz CT molecular complexity index is 851. The minimum absolute atomic E-state index is 0.0549. The summed E-state index contributed by atoms with van der Waals surface area (Å²) in [6.07, 6.45) is 0.773. The van der Waals surface area contributed by atoms with Gasteiger partial charge in [-0.1, -0.05) is 0 Å². The minimum Gasteiger partial charge on any atom is -0.444 e. The van der Waals surface area contributed by atoms with Crippen LogP contribution in [0.2, 0.25) is 0 Å². The number of nitrogens with zero attached hydrogens (tertiary/aromatic N) is 2. The van der Waals surface area contributed by atoms with Gasteiger partial charge in [0.05, 0.1) is 10.8 Å². The molecule has 1 aromatic carbocycles. The van der Waals surface area contributed by atoms with Crippen molar-refractivity contribution in [1.29, 1.82) is 0 Å². The molecule has 1 aromatic rings. The number of primary amides is 1. The van der Waals surface area contributed by atoms with Gasteiger partial charge in [-0.3, -0.25) is 19.7 Å². The molecule has 2 rings (SSSR count). The van der Waals surface area contributed by atoms with Crippen LogP contribution in [0.5, 0.6) is 0 Å². The molecule has 11 nitrogen and oxygen atoms in total. The molecule has 1 aliphatic rings. The Morgan fingerprint density at radius 3 is 2.55 bits per heavy atom. The molecular formula is C20H29N5O6. The zero-order valence-electron chi connectivity index (χ0n) is 18.0. The first-order valence-corrected chi connectivity index (χ1v) is 10.1. The first kappa shape index (κ1) is 23.9. The number of carbonyl (C=O) groups excluding carboxylic acids is 3. The number of nitro benzene ring substituents is 1. The van der Waals surface area contributed by atoms with Crippen LogP contribution in [0.3, 0.4) is 0 Å². The number of nitro groups is 1. The lowest BCUT2D eigenvalue weighted by Gasteiger charge is -2.33. The predicted octanol–water partition coefficient (Wildman–Crippen LogP) is 1.55. The van der Waals surface area contributed by atoms with Crippen LogP contribution in [0.4, 0.5) is 16.2 Å². The van der Waals surface area contributed by atoms with Crippen molar-refractivity contribution in [2.75, 3.05) is 31.1 Å². The number of hydrogen-bond donors (Lipinski definition) is 3. The van der Waals surface area contributed by atoms with Crippen molar-refractivity contribution >= 4 is 29.3 Å². The number of ether oxygens (including phenoxy) is 1. The molecule has 1 unspecified atom stereocenters. The van der Waals surface area contributed by atoms with Crippen LogP contribution < -0.4 is 21.3 Å². The van der Waals surface area contributed by atoms with Gasteiger partial charge in [0.15, 0.2) is 0 Å². The van der Waals surface area contributed by atoms with E-state index in [9.17, 15) is 24.5 Å². The molecule has 31 heavy (non-hydrogen) atoms. The third-order valence-electron chi connectivity index (χ3n) is 4.68. The molecule has 3 amide bonds. The lowest BCUT2D eigenvalue weighted by Crippen LogP contribution is -2.45. The van der Waals surface area contributed by atoms with Gasteiger partial charge in [-0.2, -0.15) is 0 Å². The molecule has 11 heteroatoms. The standard InChI is InChI=1S/C20H29N5O6/c1-20(2,3)31-19(28)23-9-8-22-18(27)14-5-4-10-24(12-14)15-7-6-13(17(21)26)11-16(15)25(29)30/h6-7,11,14H,4-5,8-10,12H2,1-3H3,(H2,21,26)(H,22,27)(H,23,28). The second-order valence-corrected chi connectivity index (χ2v) is 8.33. The summed E-state index contributed by atoms with van der Waals surface area (Å²) in [5, 5.41) is 16.8. The summed E-state index contributed by atoms with van der Waals surface area (Å²) in [6.45, 7) is 6.60. The fourth-order valence-corrected chi connectivity index (χ4v) is 3.31. The SMILES string of the molecule is CC(C)(C)OC(=O)NCCNC(=O)C1CCCN(c2ccc(C(N)=O)cc2[N+](=O)[O-])C1. The van der Waals surface area contributed by atoms with Gasteiger partial charge in [-0.15, -0.1) is 0 Å². The molecule has 1 aliphatic heterocycles. The summed E-state index contributed by atoms with van der Waals surface area (Å²) in [7, 11) is 0. The van der Waals surface area contributed by atoms with Gasteiger partial charge in [-0.25, -0.2) is 4.79 Å². The van der Waals surface area contributed by atoms with E-state index in [2.05, 4.69) is 10.6 Å². The van der Waals surface area contributed by atoms with E-state index in [1.807, 2.05) is 0 Å². The summed E-state index contributed by atoms with van der Waals surface area (Å²) in [4.78, 5) is 48.2. The normalized spacial score (nSPS) is 16.4. The van der Waals surface area contributed by atoms with Crippen LogP contribution in [0.15, 0.2) is 18.2 Å². The number of piperidine rings is 1. The molecule has 1 heterocycles. The Kier molecular flexibility index (Phi) is 7.78. The lowest BCUT2D eigenvalue weighted by atomic mass is 9.96. The van der Waals surface area contributed by atoms with E-state index in [1.54, 1.807) is 25.7 Å². The van der Waals surface area contributed by atoms with E-state index in [0.29, 0.717) is 31.6 Å². The Balaban J connectivity index is 1.93. The molecule has 170 valence electrons. The van der Waals surface area contributed by atoms with Crippen molar-refractivity contribution in [2.24, 2.45) is 11.7 Å². The van der Waals surface area contributed by atoms with Gasteiger partial charge in [-0.05, 0) is 45.7 Å². The number of nitrogens with one attached hydrogen (secondary N) is 2. The summed E-state index contributed by atoms with van der Waals surface area (Å²) in [6, 6.07) is 4.09. The Morgan fingerprint density at radius 1 is 1.26 bits per heavy atom. The highest BCUT2D eigenvalue weighted by Crippen LogP contribution is 2.32. The second-order valence-electron chi connectivity index (χ2n) is 8.33. The molecule has 0 spiro atoms. The van der Waals surface area contributed by atoms with Crippen molar-refractivity contribution in [3.63, 3.8) is 0 Å². The van der Waals surface area contributed by atoms with E-state index in [1.165, 1.54) is 12.1 Å². The van der Waals surface area contributed by atoms with Gasteiger partial charge in [0.2, 0.25) is 11.8 Å². The van der Waals surface area contributed by atoms with Crippen molar-refractivity contribution in [1.82, 2.24) is 10.6 Å². The maximum atomic E-state index is 12.5. The number of carbonyl (C=O) groups is 3. The minimum atomic E-state index is -0.745. The maximum Gasteiger partial charge on any atom is 0.407 e. The van der Waals surface area contributed by atoms with Crippen molar-refractivity contribution < 1.29 is 24.0 Å². The fourth-order valence-electron chi connectivity index (χ4n) is 3.31. The average molecular weight is 435 g/mol. The molecular weight excluding hydrogens is 406 g/mol. The third-order valence-corrected chi connectivity index (χ3v) is 4.68. The van der Waals surface area contributed by atoms with Gasteiger partial charge >= 0.3 is 6.09 Å². The van der Waals surface area contributed by atoms with Crippen LogP contribution in [0.25, 0.3) is 0 Å². The van der Waals surface area contributed by atoms with Crippen LogP contribution in [-0.4, -0.2) is 54.6 Å². The topological polar surface area (TPSA) is 157 Å². The smallest absolute Gasteiger partial charge is 0.407 e. The van der Waals surface area contributed by atoms with E-state index in [4.69, 9.17) is 10.5 Å². The predicted molar refractivity (Wildman–Crippen MR) is 114 cm³/mol. The zero-order valence-corrected chi connectivity index (χ0v) is 18.0. The van der Waals surface area contributed by atoms with Gasteiger partial charge in [0.1, 0.15) is 11.3 Å². The van der Waals surface area contributed by atoms with Crippen molar-refractivity contribution in [3.05, 3.63) is 33.9 Å². The molecule has 0 aromatic heterocycles. The average Bonchev–Trinajstić information content (AvgIpc) is 2.69. The molecule has 0 saturated carbocycles. The molecule has 0 bridgehead atoms. The van der Waals surface area contributed by atoms with Crippen LogP contribution >= 0.6 is 0 Å². The Hall–Kier alpha value is -3.37. The van der Waals surface area contributed by atoms with E-state index in [0.717, 1.165) is 6.07 Å². The number of amides is 3. The monoisotopic (exact) mass is 435 g/mol. The Morgan fingerprint density at radius 2 is 1.94 bits per heavy atom. The van der Waals surface area contributed by atoms with Crippen molar-refractivity contribution in [2.45, 2.75) is 39.2 Å². The van der Waals surface area contributed by atoms with E-state index >= 15 is 0 Å². The highest BCUT2D eigenvalue weighted by molar-refractivity contribution is 5.94. The van der Waals surface area contributed by atoms with Crippen LogP contribution in [-0.2, 0) is 9.53 Å². The van der Waals surface area contributed by atoms with Crippen LogP contribution in [0, 0.1) is 16.0 Å². The second kappa shape index (κ2) is 10.1. The first-order chi connectivity index (χ1) is 14.5. The lowest BCUT2D eigenvalue weighted by molar-refractivity contribution is -0.384. The fraction of sp³-hybridized carbons (Fsp3) is 0.550. The zero-order chi connectivity index (χ0) is 23.2. The molecule has 0 aliphatic carbocycles.